The van der Waals surface area contributed by atoms with Crippen LogP contribution < -0.4 is 9.88 Å². The van der Waals surface area contributed by atoms with Crippen LogP contribution in [0.3, 0.4) is 0 Å². The summed E-state index contributed by atoms with van der Waals surface area (Å²) in [5, 5.41) is 8.03. The highest BCUT2D eigenvalue weighted by molar-refractivity contribution is 7.89. The van der Waals surface area contributed by atoms with Gasteiger partial charge >= 0.3 is 0 Å². The van der Waals surface area contributed by atoms with Crippen LogP contribution in [0.5, 0.6) is 5.88 Å². The molecule has 2 heterocycles. The third kappa shape index (κ3) is 3.68. The summed E-state index contributed by atoms with van der Waals surface area (Å²) in [5.41, 5.74) is 2.90. The van der Waals surface area contributed by atoms with E-state index < -0.39 is 10.0 Å². The van der Waals surface area contributed by atoms with Crippen molar-refractivity contribution in [2.24, 2.45) is 5.14 Å². The van der Waals surface area contributed by atoms with Crippen LogP contribution in [0.1, 0.15) is 5.56 Å². The van der Waals surface area contributed by atoms with Crippen molar-refractivity contribution in [1.82, 2.24) is 9.97 Å². The molecular formula is C19H15N3O3S2. The van der Waals surface area contributed by atoms with E-state index in [0.29, 0.717) is 5.88 Å². The van der Waals surface area contributed by atoms with Crippen molar-refractivity contribution in [2.75, 3.05) is 0 Å². The number of primary sulfonamides is 1. The van der Waals surface area contributed by atoms with Crippen molar-refractivity contribution in [3.63, 3.8) is 0 Å². The van der Waals surface area contributed by atoms with Crippen LogP contribution in [0.15, 0.2) is 71.2 Å². The Morgan fingerprint density at radius 2 is 1.74 bits per heavy atom. The average Bonchev–Trinajstić information content (AvgIpc) is 3.11. The lowest BCUT2D eigenvalue weighted by atomic mass is 10.1. The van der Waals surface area contributed by atoms with Gasteiger partial charge < -0.3 is 4.74 Å². The van der Waals surface area contributed by atoms with Gasteiger partial charge in [0, 0.05) is 10.9 Å². The number of sulfonamides is 1. The Morgan fingerprint density at radius 3 is 2.44 bits per heavy atom. The van der Waals surface area contributed by atoms with Gasteiger partial charge in [-0.1, -0.05) is 42.5 Å². The van der Waals surface area contributed by atoms with Crippen LogP contribution in [0.2, 0.25) is 0 Å². The molecule has 0 radical (unpaired) electrons. The Bertz CT molecular complexity index is 1190. The summed E-state index contributed by atoms with van der Waals surface area (Å²) >= 11 is 1.54. The minimum atomic E-state index is -3.70. The molecule has 4 aromatic rings. The van der Waals surface area contributed by atoms with Gasteiger partial charge in [-0.25, -0.2) is 23.5 Å². The monoisotopic (exact) mass is 397 g/mol. The number of nitrogens with zero attached hydrogens (tertiary/aromatic N) is 2. The van der Waals surface area contributed by atoms with E-state index in [9.17, 15) is 8.42 Å². The van der Waals surface area contributed by atoms with E-state index in [4.69, 9.17) is 9.88 Å². The second-order valence-electron chi connectivity index (χ2n) is 5.85. The molecule has 0 aliphatic rings. The van der Waals surface area contributed by atoms with Gasteiger partial charge in [0.1, 0.15) is 17.8 Å². The lowest BCUT2D eigenvalue weighted by Crippen LogP contribution is -2.12. The quantitative estimate of drug-likeness (QED) is 0.555. The summed E-state index contributed by atoms with van der Waals surface area (Å²) in [6.07, 6.45) is 1.48. The molecule has 136 valence electrons. The number of thiophene rings is 1. The maximum atomic E-state index is 11.3. The number of ether oxygens (including phenoxy) is 1. The number of hydrogen-bond donors (Lipinski definition) is 1. The third-order valence-corrected chi connectivity index (χ3v) is 5.86. The fraction of sp³-hybridized carbons (Fsp3) is 0.0526. The van der Waals surface area contributed by atoms with E-state index >= 15 is 0 Å². The summed E-state index contributed by atoms with van der Waals surface area (Å²) in [4.78, 5) is 9.54. The van der Waals surface area contributed by atoms with Gasteiger partial charge in [0.05, 0.1) is 10.3 Å². The predicted molar refractivity (Wildman–Crippen MR) is 105 cm³/mol. The molecule has 0 fully saturated rings. The van der Waals surface area contributed by atoms with E-state index in [0.717, 1.165) is 26.9 Å². The van der Waals surface area contributed by atoms with Crippen molar-refractivity contribution in [1.29, 1.82) is 0 Å². The van der Waals surface area contributed by atoms with Crippen molar-refractivity contribution in [3.05, 3.63) is 71.9 Å². The molecular weight excluding hydrogens is 382 g/mol. The zero-order valence-electron chi connectivity index (χ0n) is 14.1. The fourth-order valence-corrected chi connectivity index (χ4v) is 4.14. The van der Waals surface area contributed by atoms with Gasteiger partial charge in [-0.2, -0.15) is 0 Å². The number of aromatic nitrogens is 2. The summed E-state index contributed by atoms with van der Waals surface area (Å²) in [5.74, 6) is 0.496. The normalized spacial score (nSPS) is 11.6. The van der Waals surface area contributed by atoms with Crippen molar-refractivity contribution in [2.45, 2.75) is 11.5 Å². The highest BCUT2D eigenvalue weighted by atomic mass is 32.2. The molecule has 0 aliphatic carbocycles. The summed E-state index contributed by atoms with van der Waals surface area (Å²) < 4.78 is 28.6. The number of benzene rings is 2. The molecule has 2 aromatic heterocycles. The Hall–Kier alpha value is -2.81. The van der Waals surface area contributed by atoms with Crippen LogP contribution in [0.25, 0.3) is 21.3 Å². The van der Waals surface area contributed by atoms with Crippen molar-refractivity contribution in [3.8, 4) is 17.0 Å². The van der Waals surface area contributed by atoms with E-state index in [1.54, 1.807) is 12.1 Å². The Balaban J connectivity index is 1.64. The lowest BCUT2D eigenvalue weighted by molar-refractivity contribution is 0.297. The second-order valence-corrected chi connectivity index (χ2v) is 8.27. The molecule has 27 heavy (non-hydrogen) atoms. The topological polar surface area (TPSA) is 95.2 Å². The van der Waals surface area contributed by atoms with Gasteiger partial charge in [0.15, 0.2) is 0 Å². The molecule has 0 atom stereocenters. The van der Waals surface area contributed by atoms with Crippen LogP contribution in [0, 0.1) is 0 Å². The minimum Gasteiger partial charge on any atom is -0.472 e. The Kier molecular flexibility index (Phi) is 4.61. The molecule has 2 aromatic carbocycles. The number of fused-ring (bicyclic) bond motifs is 1. The first-order chi connectivity index (χ1) is 13.0. The standard InChI is InChI=1S/C19H15N3O3S2/c20-27(23,24)15-8-6-13(7-9-15)10-25-18-17-16(14-4-2-1-3-5-14)11-26-19(17)22-12-21-18/h1-9,11-12H,10H2,(H2,20,23,24). The Labute approximate surface area is 160 Å². The molecule has 0 spiro atoms. The van der Waals surface area contributed by atoms with Crippen LogP contribution in [-0.2, 0) is 16.6 Å². The molecule has 0 bridgehead atoms. The van der Waals surface area contributed by atoms with E-state index in [1.165, 1.54) is 29.8 Å². The summed E-state index contributed by atoms with van der Waals surface area (Å²) in [6, 6.07) is 16.3. The zero-order valence-corrected chi connectivity index (χ0v) is 15.7. The van der Waals surface area contributed by atoms with Crippen LogP contribution in [-0.4, -0.2) is 18.4 Å². The average molecular weight is 397 g/mol. The van der Waals surface area contributed by atoms with Gasteiger partial charge in [-0.3, -0.25) is 0 Å². The maximum absolute atomic E-state index is 11.3. The van der Waals surface area contributed by atoms with Crippen molar-refractivity contribution >= 4 is 31.6 Å². The van der Waals surface area contributed by atoms with Crippen LogP contribution in [0.4, 0.5) is 0 Å². The zero-order chi connectivity index (χ0) is 18.9. The molecule has 2 N–H and O–H groups in total. The minimum absolute atomic E-state index is 0.0693. The SMILES string of the molecule is NS(=O)(=O)c1ccc(COc2ncnc3scc(-c4ccccc4)c23)cc1. The van der Waals surface area contributed by atoms with E-state index in [-0.39, 0.29) is 11.5 Å². The Morgan fingerprint density at radius 1 is 1.00 bits per heavy atom. The molecule has 0 saturated heterocycles. The summed E-state index contributed by atoms with van der Waals surface area (Å²) in [6.45, 7) is 0.251. The first kappa shape index (κ1) is 17.6. The number of nitrogens with two attached hydrogens (primary N) is 1. The fourth-order valence-electron chi connectivity index (χ4n) is 2.71. The van der Waals surface area contributed by atoms with Crippen molar-refractivity contribution < 1.29 is 13.2 Å². The lowest BCUT2D eigenvalue weighted by Gasteiger charge is -2.08. The van der Waals surface area contributed by atoms with Gasteiger partial charge in [0.25, 0.3) is 0 Å². The van der Waals surface area contributed by atoms with E-state index in [1.807, 2.05) is 35.7 Å². The molecule has 8 heteroatoms. The van der Waals surface area contributed by atoms with Gasteiger partial charge in [0.2, 0.25) is 15.9 Å². The molecule has 0 amide bonds. The molecule has 0 saturated carbocycles. The molecule has 0 unspecified atom stereocenters. The van der Waals surface area contributed by atoms with Crippen LogP contribution >= 0.6 is 11.3 Å². The highest BCUT2D eigenvalue weighted by Gasteiger charge is 2.14. The predicted octanol–water partition coefficient (Wildman–Crippen LogP) is 3.58. The first-order valence-electron chi connectivity index (χ1n) is 8.04. The maximum Gasteiger partial charge on any atom is 0.238 e. The third-order valence-electron chi connectivity index (χ3n) is 4.05. The summed E-state index contributed by atoms with van der Waals surface area (Å²) in [7, 11) is -3.70. The number of hydrogen-bond acceptors (Lipinski definition) is 6. The second kappa shape index (κ2) is 7.07. The molecule has 0 aliphatic heterocycles. The molecule has 4 rings (SSSR count). The molecule has 6 nitrogen and oxygen atoms in total. The number of rotatable bonds is 5. The van der Waals surface area contributed by atoms with Gasteiger partial charge in [-0.15, -0.1) is 11.3 Å². The smallest absolute Gasteiger partial charge is 0.238 e. The largest absolute Gasteiger partial charge is 0.472 e. The van der Waals surface area contributed by atoms with Gasteiger partial charge in [-0.05, 0) is 23.3 Å². The highest BCUT2D eigenvalue weighted by Crippen LogP contribution is 2.37. The first-order valence-corrected chi connectivity index (χ1v) is 10.5. The van der Waals surface area contributed by atoms with E-state index in [2.05, 4.69) is 9.97 Å².